The lowest BCUT2D eigenvalue weighted by atomic mass is 9.81. The zero-order chi connectivity index (χ0) is 12.9. The molecule has 0 aliphatic rings. The highest BCUT2D eigenvalue weighted by Crippen LogP contribution is 2.33. The number of hydrogen-bond donors (Lipinski definition) is 0. The van der Waals surface area contributed by atoms with Crippen molar-refractivity contribution in [1.82, 2.24) is 0 Å². The maximum atomic E-state index is 13.6. The van der Waals surface area contributed by atoms with E-state index in [0.29, 0.717) is 12.0 Å². The van der Waals surface area contributed by atoms with Crippen molar-refractivity contribution in [3.05, 3.63) is 35.4 Å². The van der Waals surface area contributed by atoms with Gasteiger partial charge >= 0.3 is 0 Å². The van der Waals surface area contributed by atoms with E-state index in [0.717, 1.165) is 29.6 Å². The van der Waals surface area contributed by atoms with E-state index in [1.807, 2.05) is 0 Å². The summed E-state index contributed by atoms with van der Waals surface area (Å²) in [6, 6.07) is 3.81. The fourth-order valence-electron chi connectivity index (χ4n) is 1.95. The average molecular weight is 370 g/mol. The van der Waals surface area contributed by atoms with Gasteiger partial charge in [0.1, 0.15) is 11.6 Å². The van der Waals surface area contributed by atoms with Crippen molar-refractivity contribution in [2.24, 2.45) is 5.41 Å². The zero-order valence-electron chi connectivity index (χ0n) is 9.78. The van der Waals surface area contributed by atoms with Crippen LogP contribution in [0.5, 0.6) is 0 Å². The van der Waals surface area contributed by atoms with Gasteiger partial charge in [-0.15, -0.1) is 0 Å². The van der Waals surface area contributed by atoms with Crippen molar-refractivity contribution in [2.45, 2.75) is 26.2 Å². The van der Waals surface area contributed by atoms with E-state index in [-0.39, 0.29) is 5.41 Å². The molecule has 0 bridgehead atoms. The minimum absolute atomic E-state index is 0.00653. The van der Waals surface area contributed by atoms with E-state index in [2.05, 4.69) is 38.8 Å². The molecule has 1 aromatic carbocycles. The fourth-order valence-corrected chi connectivity index (χ4v) is 3.84. The second-order valence-electron chi connectivity index (χ2n) is 4.43. The molecule has 0 heterocycles. The summed E-state index contributed by atoms with van der Waals surface area (Å²) in [5, 5.41) is 1.60. The van der Waals surface area contributed by atoms with E-state index >= 15 is 0 Å². The van der Waals surface area contributed by atoms with Crippen LogP contribution in [0.25, 0.3) is 0 Å². The van der Waals surface area contributed by atoms with Gasteiger partial charge in [-0.25, -0.2) is 8.78 Å². The average Bonchev–Trinajstić information content (AvgIpc) is 2.32. The number of hydrogen-bond acceptors (Lipinski definition) is 0. The Kier molecular flexibility index (Phi) is 6.07. The van der Waals surface area contributed by atoms with Crippen LogP contribution in [-0.2, 0) is 6.42 Å². The molecular weight excluding hydrogens is 354 g/mol. The van der Waals surface area contributed by atoms with Gasteiger partial charge < -0.3 is 0 Å². The Morgan fingerprint density at radius 3 is 2.29 bits per heavy atom. The van der Waals surface area contributed by atoms with Crippen LogP contribution in [0, 0.1) is 17.0 Å². The summed E-state index contributed by atoms with van der Waals surface area (Å²) in [4.78, 5) is 0. The van der Waals surface area contributed by atoms with E-state index in [4.69, 9.17) is 0 Å². The van der Waals surface area contributed by atoms with Crippen molar-refractivity contribution >= 4 is 31.9 Å². The number of halogens is 4. The predicted octanol–water partition coefficient (Wildman–Crippen LogP) is 5.08. The van der Waals surface area contributed by atoms with Gasteiger partial charge in [-0.1, -0.05) is 51.3 Å². The molecule has 0 aromatic heterocycles. The van der Waals surface area contributed by atoms with Gasteiger partial charge in [0.25, 0.3) is 0 Å². The molecule has 0 nitrogen and oxygen atoms in total. The highest BCUT2D eigenvalue weighted by Gasteiger charge is 2.28. The topological polar surface area (TPSA) is 0 Å². The molecular formula is C13H16Br2F2. The van der Waals surface area contributed by atoms with Crippen molar-refractivity contribution < 1.29 is 8.78 Å². The SMILES string of the molecule is CCCC(CBr)(CBr)Cc1ccc(F)cc1F. The van der Waals surface area contributed by atoms with Gasteiger partial charge in [0.05, 0.1) is 0 Å². The molecule has 0 spiro atoms. The first-order chi connectivity index (χ1) is 8.06. The lowest BCUT2D eigenvalue weighted by molar-refractivity contribution is 0.346. The third-order valence-electron chi connectivity index (χ3n) is 2.93. The van der Waals surface area contributed by atoms with Gasteiger partial charge in [-0.3, -0.25) is 0 Å². The summed E-state index contributed by atoms with van der Waals surface area (Å²) >= 11 is 7.01. The normalized spacial score (nSPS) is 11.8. The molecule has 0 N–H and O–H groups in total. The highest BCUT2D eigenvalue weighted by atomic mass is 79.9. The smallest absolute Gasteiger partial charge is 0.129 e. The summed E-state index contributed by atoms with van der Waals surface area (Å²) in [5.41, 5.74) is 0.576. The Morgan fingerprint density at radius 2 is 1.82 bits per heavy atom. The van der Waals surface area contributed by atoms with Crippen LogP contribution < -0.4 is 0 Å². The third-order valence-corrected chi connectivity index (χ3v) is 5.31. The summed E-state index contributed by atoms with van der Waals surface area (Å²) < 4.78 is 26.5. The van der Waals surface area contributed by atoms with Gasteiger partial charge in [-0.2, -0.15) is 0 Å². The first kappa shape index (κ1) is 15.1. The first-order valence-electron chi connectivity index (χ1n) is 5.63. The molecule has 1 aromatic rings. The minimum atomic E-state index is -0.523. The lowest BCUT2D eigenvalue weighted by Crippen LogP contribution is -2.28. The Hall–Kier alpha value is 0.0400. The van der Waals surface area contributed by atoms with Crippen LogP contribution in [0.4, 0.5) is 8.78 Å². The van der Waals surface area contributed by atoms with E-state index < -0.39 is 11.6 Å². The summed E-state index contributed by atoms with van der Waals surface area (Å²) in [6.07, 6.45) is 2.66. The maximum Gasteiger partial charge on any atom is 0.129 e. The second-order valence-corrected chi connectivity index (χ2v) is 5.55. The van der Waals surface area contributed by atoms with Crippen molar-refractivity contribution in [1.29, 1.82) is 0 Å². The summed E-state index contributed by atoms with van der Waals surface area (Å²) in [6.45, 7) is 2.11. The van der Waals surface area contributed by atoms with Crippen LogP contribution >= 0.6 is 31.9 Å². The molecule has 1 rings (SSSR count). The van der Waals surface area contributed by atoms with Gasteiger partial charge in [0, 0.05) is 16.7 Å². The Bertz CT molecular complexity index is 362. The van der Waals surface area contributed by atoms with Crippen molar-refractivity contribution in [2.75, 3.05) is 10.7 Å². The van der Waals surface area contributed by atoms with Crippen LogP contribution in [0.15, 0.2) is 18.2 Å². The molecule has 0 aliphatic heterocycles. The van der Waals surface area contributed by atoms with Crippen molar-refractivity contribution in [3.8, 4) is 0 Å². The molecule has 0 unspecified atom stereocenters. The fraction of sp³-hybridized carbons (Fsp3) is 0.538. The largest absolute Gasteiger partial charge is 0.207 e. The first-order valence-corrected chi connectivity index (χ1v) is 7.87. The van der Waals surface area contributed by atoms with Gasteiger partial charge in [0.2, 0.25) is 0 Å². The molecule has 0 aliphatic carbocycles. The van der Waals surface area contributed by atoms with Crippen LogP contribution in [0.2, 0.25) is 0 Å². The van der Waals surface area contributed by atoms with E-state index in [1.165, 1.54) is 6.07 Å². The quantitative estimate of drug-likeness (QED) is 0.613. The molecule has 0 fully saturated rings. The predicted molar refractivity (Wildman–Crippen MR) is 75.0 cm³/mol. The molecule has 96 valence electrons. The zero-order valence-corrected chi connectivity index (χ0v) is 13.0. The third kappa shape index (κ3) is 4.02. The van der Waals surface area contributed by atoms with Crippen molar-refractivity contribution in [3.63, 3.8) is 0 Å². The Morgan fingerprint density at radius 1 is 1.18 bits per heavy atom. The highest BCUT2D eigenvalue weighted by molar-refractivity contribution is 9.09. The van der Waals surface area contributed by atoms with Gasteiger partial charge in [-0.05, 0) is 29.9 Å². The Labute approximate surface area is 118 Å². The lowest BCUT2D eigenvalue weighted by Gasteiger charge is -2.30. The van der Waals surface area contributed by atoms with Crippen LogP contribution in [0.3, 0.4) is 0 Å². The monoisotopic (exact) mass is 368 g/mol. The molecule has 0 atom stereocenters. The molecule has 0 amide bonds. The molecule has 17 heavy (non-hydrogen) atoms. The van der Waals surface area contributed by atoms with Crippen LogP contribution in [-0.4, -0.2) is 10.7 Å². The standard InChI is InChI=1S/C13H16Br2F2/c1-2-5-13(8-14,9-15)7-10-3-4-11(16)6-12(10)17/h3-4,6H,2,5,7-9H2,1H3. The molecule has 0 radical (unpaired) electrons. The minimum Gasteiger partial charge on any atom is -0.207 e. The van der Waals surface area contributed by atoms with Crippen LogP contribution in [0.1, 0.15) is 25.3 Å². The summed E-state index contributed by atoms with van der Waals surface area (Å²) in [5.74, 6) is -0.975. The molecule has 4 heteroatoms. The van der Waals surface area contributed by atoms with Gasteiger partial charge in [0.15, 0.2) is 0 Å². The summed E-state index contributed by atoms with van der Waals surface area (Å²) in [7, 11) is 0. The number of rotatable bonds is 6. The maximum absolute atomic E-state index is 13.6. The van der Waals surface area contributed by atoms with E-state index in [9.17, 15) is 8.78 Å². The van der Waals surface area contributed by atoms with E-state index in [1.54, 1.807) is 6.07 Å². The number of benzene rings is 1. The molecule has 0 saturated heterocycles. The Balaban J connectivity index is 2.92. The second kappa shape index (κ2) is 6.83. The molecule has 0 saturated carbocycles. The number of alkyl halides is 2.